The molecule has 3 rings (SSSR count). The summed E-state index contributed by atoms with van der Waals surface area (Å²) < 4.78 is 2.18. The Labute approximate surface area is 152 Å². The first kappa shape index (κ1) is 18.3. The summed E-state index contributed by atoms with van der Waals surface area (Å²) in [5, 5.41) is 8.56. The van der Waals surface area contributed by atoms with Gasteiger partial charge < -0.3 is 10.2 Å². The minimum absolute atomic E-state index is 0.272. The lowest BCUT2D eigenvalue weighted by Gasteiger charge is -2.41. The van der Waals surface area contributed by atoms with E-state index in [0.717, 1.165) is 12.1 Å². The van der Waals surface area contributed by atoms with E-state index in [1.165, 1.54) is 57.2 Å². The maximum absolute atomic E-state index is 4.58. The van der Waals surface area contributed by atoms with Crippen LogP contribution in [0.5, 0.6) is 0 Å². The van der Waals surface area contributed by atoms with Gasteiger partial charge in [0.05, 0.1) is 12.2 Å². The molecule has 2 fully saturated rings. The average molecular weight is 351 g/mol. The lowest BCUT2D eigenvalue weighted by atomic mass is 9.88. The molecule has 1 unspecified atom stereocenters. The SMILES string of the molecule is CC(C)NC1CCC(N2CCC(n3cc(C(C)S)cn3)CC2)CC1. The summed E-state index contributed by atoms with van der Waals surface area (Å²) in [7, 11) is 0. The molecule has 24 heavy (non-hydrogen) atoms. The van der Waals surface area contributed by atoms with Gasteiger partial charge >= 0.3 is 0 Å². The monoisotopic (exact) mass is 350 g/mol. The summed E-state index contributed by atoms with van der Waals surface area (Å²) >= 11 is 4.51. The predicted molar refractivity (Wildman–Crippen MR) is 104 cm³/mol. The highest BCUT2D eigenvalue weighted by Crippen LogP contribution is 2.30. The van der Waals surface area contributed by atoms with Gasteiger partial charge in [0.25, 0.3) is 0 Å². The van der Waals surface area contributed by atoms with Crippen LogP contribution in [0.3, 0.4) is 0 Å². The number of thiol groups is 1. The van der Waals surface area contributed by atoms with Crippen molar-refractivity contribution in [3.05, 3.63) is 18.0 Å². The van der Waals surface area contributed by atoms with E-state index >= 15 is 0 Å². The summed E-state index contributed by atoms with van der Waals surface area (Å²) in [5.41, 5.74) is 1.23. The van der Waals surface area contributed by atoms with Gasteiger partial charge in [-0.2, -0.15) is 17.7 Å². The summed E-state index contributed by atoms with van der Waals surface area (Å²) in [5.74, 6) is 0. The van der Waals surface area contributed by atoms with E-state index in [4.69, 9.17) is 0 Å². The minimum atomic E-state index is 0.272. The van der Waals surface area contributed by atoms with Crippen LogP contribution in [0.2, 0.25) is 0 Å². The maximum atomic E-state index is 4.58. The third kappa shape index (κ3) is 4.55. The molecule has 0 aromatic carbocycles. The minimum Gasteiger partial charge on any atom is -0.312 e. The fourth-order valence-electron chi connectivity index (χ4n) is 4.36. The van der Waals surface area contributed by atoms with Crippen molar-refractivity contribution in [2.24, 2.45) is 0 Å². The van der Waals surface area contributed by atoms with E-state index in [2.05, 4.69) is 59.6 Å². The first-order valence-electron chi connectivity index (χ1n) is 9.75. The van der Waals surface area contributed by atoms with Crippen molar-refractivity contribution in [1.82, 2.24) is 20.0 Å². The highest BCUT2D eigenvalue weighted by Gasteiger charge is 2.29. The van der Waals surface area contributed by atoms with E-state index in [-0.39, 0.29) is 5.25 Å². The van der Waals surface area contributed by atoms with E-state index in [9.17, 15) is 0 Å². The van der Waals surface area contributed by atoms with Crippen LogP contribution in [0.1, 0.15) is 76.2 Å². The summed E-state index contributed by atoms with van der Waals surface area (Å²) in [6.07, 6.45) is 12.0. The molecule has 2 aliphatic rings. The van der Waals surface area contributed by atoms with Crippen LogP contribution in [0.15, 0.2) is 12.4 Å². The third-order valence-corrected chi connectivity index (χ3v) is 6.06. The Hall–Kier alpha value is -0.520. The molecule has 4 nitrogen and oxygen atoms in total. The van der Waals surface area contributed by atoms with E-state index < -0.39 is 0 Å². The average Bonchev–Trinajstić information content (AvgIpc) is 3.05. The molecule has 0 radical (unpaired) electrons. The van der Waals surface area contributed by atoms with Gasteiger partial charge in [-0.1, -0.05) is 13.8 Å². The molecule has 0 bridgehead atoms. The van der Waals surface area contributed by atoms with Crippen LogP contribution in [0.25, 0.3) is 0 Å². The van der Waals surface area contributed by atoms with Crippen LogP contribution in [-0.2, 0) is 0 Å². The van der Waals surface area contributed by atoms with Crippen molar-refractivity contribution in [2.45, 2.75) is 88.7 Å². The number of likely N-dealkylation sites (tertiary alicyclic amines) is 1. The lowest BCUT2D eigenvalue weighted by Crippen LogP contribution is -2.46. The smallest absolute Gasteiger partial charge is 0.0543 e. The van der Waals surface area contributed by atoms with Gasteiger partial charge in [0, 0.05) is 48.2 Å². The molecular weight excluding hydrogens is 316 g/mol. The van der Waals surface area contributed by atoms with Crippen molar-refractivity contribution in [3.8, 4) is 0 Å². The molecule has 1 aromatic rings. The standard InChI is InChI=1S/C19H34N4S/c1-14(2)21-17-4-6-18(7-5-17)22-10-8-19(9-11-22)23-13-16(12-20-23)15(3)24/h12-15,17-19,21,24H,4-11H2,1-3H3. The highest BCUT2D eigenvalue weighted by atomic mass is 32.1. The number of hydrogen-bond donors (Lipinski definition) is 2. The van der Waals surface area contributed by atoms with E-state index in [0.29, 0.717) is 12.1 Å². The number of nitrogens with zero attached hydrogens (tertiary/aromatic N) is 3. The summed E-state index contributed by atoms with van der Waals surface area (Å²) in [4.78, 5) is 2.74. The molecule has 0 amide bonds. The van der Waals surface area contributed by atoms with Crippen molar-refractivity contribution >= 4 is 12.6 Å². The van der Waals surface area contributed by atoms with E-state index in [1.807, 2.05) is 6.20 Å². The first-order valence-corrected chi connectivity index (χ1v) is 10.3. The van der Waals surface area contributed by atoms with Crippen LogP contribution in [-0.4, -0.2) is 45.9 Å². The number of hydrogen-bond acceptors (Lipinski definition) is 4. The van der Waals surface area contributed by atoms with E-state index in [1.54, 1.807) is 0 Å². The Morgan fingerprint density at radius 1 is 1.04 bits per heavy atom. The molecule has 136 valence electrons. The fourth-order valence-corrected chi connectivity index (χ4v) is 4.50. The van der Waals surface area contributed by atoms with Gasteiger partial charge in [-0.3, -0.25) is 4.68 Å². The topological polar surface area (TPSA) is 33.1 Å². The molecule has 1 aliphatic heterocycles. The van der Waals surface area contributed by atoms with Crippen LogP contribution in [0.4, 0.5) is 0 Å². The van der Waals surface area contributed by atoms with Gasteiger partial charge in [-0.15, -0.1) is 0 Å². The Morgan fingerprint density at radius 3 is 2.25 bits per heavy atom. The van der Waals surface area contributed by atoms with Crippen LogP contribution in [0, 0.1) is 0 Å². The zero-order valence-corrected chi connectivity index (χ0v) is 16.4. The zero-order valence-electron chi connectivity index (χ0n) is 15.5. The Balaban J connectivity index is 1.45. The number of piperidine rings is 1. The molecule has 1 aliphatic carbocycles. The second-order valence-electron chi connectivity index (χ2n) is 8.02. The second kappa shape index (κ2) is 8.24. The van der Waals surface area contributed by atoms with Gasteiger partial charge in [0.15, 0.2) is 0 Å². The van der Waals surface area contributed by atoms with Crippen molar-refractivity contribution in [1.29, 1.82) is 0 Å². The highest BCUT2D eigenvalue weighted by molar-refractivity contribution is 7.80. The molecule has 1 saturated carbocycles. The van der Waals surface area contributed by atoms with Gasteiger partial charge in [0.2, 0.25) is 0 Å². The molecule has 5 heteroatoms. The van der Waals surface area contributed by atoms with Crippen molar-refractivity contribution in [2.75, 3.05) is 13.1 Å². The number of nitrogens with one attached hydrogen (secondary N) is 1. The Bertz CT molecular complexity index is 497. The second-order valence-corrected chi connectivity index (χ2v) is 8.80. The van der Waals surface area contributed by atoms with Crippen LogP contribution < -0.4 is 5.32 Å². The predicted octanol–water partition coefficient (Wildman–Crippen LogP) is 3.82. The summed E-state index contributed by atoms with van der Waals surface area (Å²) in [6.45, 7) is 9.07. The van der Waals surface area contributed by atoms with Crippen LogP contribution >= 0.6 is 12.6 Å². The largest absolute Gasteiger partial charge is 0.312 e. The molecule has 1 N–H and O–H groups in total. The fraction of sp³-hybridized carbons (Fsp3) is 0.842. The quantitative estimate of drug-likeness (QED) is 0.792. The summed E-state index contributed by atoms with van der Waals surface area (Å²) in [6, 6.07) is 2.73. The normalized spacial score (nSPS) is 28.4. The molecule has 1 aromatic heterocycles. The van der Waals surface area contributed by atoms with Gasteiger partial charge in [-0.05, 0) is 45.4 Å². The number of aromatic nitrogens is 2. The molecular formula is C19H34N4S. The first-order chi connectivity index (χ1) is 11.5. The van der Waals surface area contributed by atoms with Crippen molar-refractivity contribution in [3.63, 3.8) is 0 Å². The molecule has 0 spiro atoms. The molecule has 1 saturated heterocycles. The number of rotatable bonds is 5. The zero-order chi connectivity index (χ0) is 17.1. The molecule has 1 atom stereocenters. The Morgan fingerprint density at radius 2 is 1.71 bits per heavy atom. The maximum Gasteiger partial charge on any atom is 0.0543 e. The van der Waals surface area contributed by atoms with Gasteiger partial charge in [0.1, 0.15) is 0 Å². The Kier molecular flexibility index (Phi) is 6.27. The lowest BCUT2D eigenvalue weighted by molar-refractivity contribution is 0.0976. The van der Waals surface area contributed by atoms with Gasteiger partial charge in [-0.25, -0.2) is 0 Å². The molecule has 2 heterocycles. The third-order valence-electron chi connectivity index (χ3n) is 5.76. The van der Waals surface area contributed by atoms with Crippen molar-refractivity contribution < 1.29 is 0 Å².